The average molecular weight is 472 g/mol. The van der Waals surface area contributed by atoms with E-state index in [4.69, 9.17) is 21.1 Å². The summed E-state index contributed by atoms with van der Waals surface area (Å²) in [5.41, 5.74) is 0.353. The van der Waals surface area contributed by atoms with Gasteiger partial charge in [0.05, 0.1) is 12.0 Å². The third kappa shape index (κ3) is 7.02. The van der Waals surface area contributed by atoms with Crippen LogP contribution in [-0.2, 0) is 19.6 Å². The summed E-state index contributed by atoms with van der Waals surface area (Å²) in [7, 11) is -2.46. The van der Waals surface area contributed by atoms with Crippen LogP contribution in [0, 0.1) is 0 Å². The molecular weight excluding hydrogens is 450 g/mol. The number of hydrogen-bond acceptors (Lipinski definition) is 7. The number of carbonyl (C=O) groups is 2. The number of benzene rings is 2. The van der Waals surface area contributed by atoms with Crippen molar-refractivity contribution in [3.05, 3.63) is 59.1 Å². The molecule has 30 heavy (non-hydrogen) atoms. The maximum Gasteiger partial charge on any atom is 0.324 e. The highest BCUT2D eigenvalue weighted by molar-refractivity contribution is 7.98. The zero-order valence-electron chi connectivity index (χ0n) is 16.5. The van der Waals surface area contributed by atoms with Crippen LogP contribution in [-0.4, -0.2) is 51.9 Å². The van der Waals surface area contributed by atoms with E-state index in [9.17, 15) is 18.0 Å². The highest BCUT2D eigenvalue weighted by atomic mass is 35.5. The Hall–Kier alpha value is -2.07. The molecule has 2 rings (SSSR count). The van der Waals surface area contributed by atoms with Crippen molar-refractivity contribution in [3.63, 3.8) is 0 Å². The van der Waals surface area contributed by atoms with E-state index in [1.165, 1.54) is 43.1 Å². The Balaban J connectivity index is 2.04. The van der Waals surface area contributed by atoms with E-state index in [0.717, 1.165) is 0 Å². The lowest BCUT2D eigenvalue weighted by Gasteiger charge is -2.17. The predicted octanol–water partition coefficient (Wildman–Crippen LogP) is 3.17. The molecule has 10 heteroatoms. The zero-order valence-corrected chi connectivity index (χ0v) is 18.9. The van der Waals surface area contributed by atoms with Gasteiger partial charge in [-0.1, -0.05) is 11.6 Å². The first kappa shape index (κ1) is 24.2. The Morgan fingerprint density at radius 3 is 2.30 bits per heavy atom. The Morgan fingerprint density at radius 1 is 1.10 bits per heavy atom. The molecule has 2 aromatic carbocycles. The van der Waals surface area contributed by atoms with Crippen molar-refractivity contribution in [1.29, 1.82) is 0 Å². The van der Waals surface area contributed by atoms with Crippen LogP contribution >= 0.6 is 23.4 Å². The van der Waals surface area contributed by atoms with Crippen LogP contribution in [0.1, 0.15) is 16.8 Å². The molecule has 2 aromatic rings. The van der Waals surface area contributed by atoms with Crippen LogP contribution in [0.5, 0.6) is 5.75 Å². The van der Waals surface area contributed by atoms with Gasteiger partial charge in [0.2, 0.25) is 10.0 Å². The number of rotatable bonds is 11. The average Bonchev–Trinajstić information content (AvgIpc) is 2.75. The van der Waals surface area contributed by atoms with Gasteiger partial charge in [-0.3, -0.25) is 9.59 Å². The van der Waals surface area contributed by atoms with Crippen molar-refractivity contribution in [1.82, 2.24) is 4.72 Å². The monoisotopic (exact) mass is 471 g/mol. The maximum absolute atomic E-state index is 12.6. The van der Waals surface area contributed by atoms with Gasteiger partial charge in [0, 0.05) is 10.6 Å². The number of esters is 1. The number of hydrogen-bond donors (Lipinski definition) is 1. The van der Waals surface area contributed by atoms with Crippen LogP contribution in [0.25, 0.3) is 0 Å². The first-order valence-electron chi connectivity index (χ1n) is 8.87. The van der Waals surface area contributed by atoms with Gasteiger partial charge < -0.3 is 9.47 Å². The topological polar surface area (TPSA) is 98.8 Å². The number of Topliss-reactive ketones (excluding diaryl/α,β-unsaturated/α-hetero) is 1. The van der Waals surface area contributed by atoms with Crippen LogP contribution in [0.3, 0.4) is 0 Å². The van der Waals surface area contributed by atoms with Crippen LogP contribution in [0.15, 0.2) is 53.4 Å². The Morgan fingerprint density at radius 2 is 1.73 bits per heavy atom. The van der Waals surface area contributed by atoms with Crippen LogP contribution in [0.2, 0.25) is 5.02 Å². The van der Waals surface area contributed by atoms with Gasteiger partial charge in [-0.25, -0.2) is 8.42 Å². The molecule has 0 spiro atoms. The van der Waals surface area contributed by atoms with Gasteiger partial charge in [0.1, 0.15) is 11.8 Å². The summed E-state index contributed by atoms with van der Waals surface area (Å²) in [5, 5.41) is 0.393. The zero-order chi connectivity index (χ0) is 22.1. The molecule has 0 heterocycles. The van der Waals surface area contributed by atoms with E-state index in [1.54, 1.807) is 24.3 Å². The van der Waals surface area contributed by atoms with Crippen molar-refractivity contribution < 1.29 is 27.5 Å². The summed E-state index contributed by atoms with van der Waals surface area (Å²) in [6.07, 6.45) is 2.05. The van der Waals surface area contributed by atoms with E-state index in [1.807, 2.05) is 6.26 Å². The van der Waals surface area contributed by atoms with Gasteiger partial charge in [0.25, 0.3) is 0 Å². The van der Waals surface area contributed by atoms with Crippen molar-refractivity contribution >= 4 is 45.1 Å². The molecule has 0 radical (unpaired) electrons. The fourth-order valence-corrected chi connectivity index (χ4v) is 4.24. The Labute approximate surface area is 185 Å². The molecule has 0 bridgehead atoms. The maximum atomic E-state index is 12.6. The van der Waals surface area contributed by atoms with Gasteiger partial charge in [0.15, 0.2) is 12.4 Å². The van der Waals surface area contributed by atoms with Crippen molar-refractivity contribution in [2.24, 2.45) is 0 Å². The standard InChI is InChI=1S/C20H22ClNO6S2/c1-27-16-7-3-14(4-8-16)19(23)13-28-20(24)18(11-12-29-2)22-30(25,26)17-9-5-15(21)6-10-17/h3-10,18,22H,11-13H2,1-2H3/t18-/m1/s1. The first-order chi connectivity index (χ1) is 14.3. The minimum Gasteiger partial charge on any atom is -0.497 e. The van der Waals surface area contributed by atoms with Crippen molar-refractivity contribution in [2.75, 3.05) is 25.7 Å². The summed E-state index contributed by atoms with van der Waals surface area (Å²) in [6.45, 7) is -0.496. The van der Waals surface area contributed by atoms with Crippen molar-refractivity contribution in [3.8, 4) is 5.75 Å². The molecule has 0 aromatic heterocycles. The summed E-state index contributed by atoms with van der Waals surface area (Å²) >= 11 is 7.25. The number of sulfonamides is 1. The van der Waals surface area contributed by atoms with E-state index in [-0.39, 0.29) is 11.3 Å². The summed E-state index contributed by atoms with van der Waals surface area (Å²) < 4.78 is 37.7. The second-order valence-corrected chi connectivity index (χ2v) is 9.30. The lowest BCUT2D eigenvalue weighted by Crippen LogP contribution is -2.42. The SMILES string of the molecule is COc1ccc(C(=O)COC(=O)[C@@H](CCSC)NS(=O)(=O)c2ccc(Cl)cc2)cc1. The first-order valence-corrected chi connectivity index (χ1v) is 12.1. The Kier molecular flexibility index (Phi) is 9.16. The van der Waals surface area contributed by atoms with Gasteiger partial charge in [-0.2, -0.15) is 16.5 Å². The largest absolute Gasteiger partial charge is 0.497 e. The number of carbonyl (C=O) groups excluding carboxylic acids is 2. The fourth-order valence-electron chi connectivity index (χ4n) is 2.43. The minimum atomic E-state index is -3.97. The van der Waals surface area contributed by atoms with Gasteiger partial charge in [-0.05, 0) is 67.0 Å². The minimum absolute atomic E-state index is 0.0249. The number of ether oxygens (including phenoxy) is 2. The second-order valence-electron chi connectivity index (χ2n) is 6.17. The lowest BCUT2D eigenvalue weighted by molar-refractivity contribution is -0.144. The summed E-state index contributed by atoms with van der Waals surface area (Å²) in [5.74, 6) is -0.106. The van der Waals surface area contributed by atoms with E-state index >= 15 is 0 Å². The van der Waals surface area contributed by atoms with E-state index in [2.05, 4.69) is 4.72 Å². The van der Waals surface area contributed by atoms with Gasteiger partial charge >= 0.3 is 5.97 Å². The molecular formula is C20H22ClNO6S2. The predicted molar refractivity (Wildman–Crippen MR) is 117 cm³/mol. The van der Waals surface area contributed by atoms with Crippen molar-refractivity contribution in [2.45, 2.75) is 17.4 Å². The number of ketones is 1. The van der Waals surface area contributed by atoms with Gasteiger partial charge in [-0.15, -0.1) is 0 Å². The fraction of sp³-hybridized carbons (Fsp3) is 0.300. The molecule has 0 unspecified atom stereocenters. The molecule has 7 nitrogen and oxygen atoms in total. The molecule has 0 saturated carbocycles. The molecule has 1 N–H and O–H groups in total. The smallest absolute Gasteiger partial charge is 0.324 e. The lowest BCUT2D eigenvalue weighted by atomic mass is 10.1. The summed E-state index contributed by atoms with van der Waals surface area (Å²) in [6, 6.07) is 10.8. The second kappa shape index (κ2) is 11.4. The normalized spacial score (nSPS) is 12.2. The van der Waals surface area contributed by atoms with E-state index in [0.29, 0.717) is 22.1 Å². The Bertz CT molecular complexity index is 962. The quantitative estimate of drug-likeness (QED) is 0.397. The third-order valence-corrected chi connectivity index (χ3v) is 6.46. The molecule has 0 aliphatic rings. The van der Waals surface area contributed by atoms with Crippen LogP contribution in [0.4, 0.5) is 0 Å². The third-order valence-electron chi connectivity index (χ3n) is 4.07. The van der Waals surface area contributed by atoms with E-state index < -0.39 is 34.4 Å². The summed E-state index contributed by atoms with van der Waals surface area (Å²) in [4.78, 5) is 24.7. The number of thioether (sulfide) groups is 1. The molecule has 0 aliphatic carbocycles. The highest BCUT2D eigenvalue weighted by Gasteiger charge is 2.27. The van der Waals surface area contributed by atoms with Crippen LogP contribution < -0.4 is 9.46 Å². The molecule has 0 saturated heterocycles. The number of methoxy groups -OCH3 is 1. The molecule has 0 amide bonds. The highest BCUT2D eigenvalue weighted by Crippen LogP contribution is 2.16. The molecule has 0 aliphatic heterocycles. The molecule has 1 atom stereocenters. The molecule has 0 fully saturated rings. The molecule has 162 valence electrons. The number of nitrogens with one attached hydrogen (secondary N) is 1. The number of halogens is 1.